The average molecular weight is 225 g/mol. The van der Waals surface area contributed by atoms with Crippen LogP contribution in [-0.4, -0.2) is 9.78 Å². The maximum atomic E-state index is 4.23. The van der Waals surface area contributed by atoms with Crippen LogP contribution >= 0.6 is 17.0 Å². The Balaban J connectivity index is 0.000000720. The van der Waals surface area contributed by atoms with Gasteiger partial charge in [-0.25, -0.2) is 4.68 Å². The van der Waals surface area contributed by atoms with E-state index in [0.717, 1.165) is 10.9 Å². The molecule has 0 radical (unpaired) electrons. The van der Waals surface area contributed by atoms with Crippen LogP contribution in [0, 0.1) is 0 Å². The standard InChI is InChI=1S/C9H8N2.BrH/c1-2-11-7-8-5-3-4-6-9(8)10-11;/h2-7H,1H2;1H. The Hall–Kier alpha value is -1.09. The Kier molecular flexibility index (Phi) is 2.65. The SMILES string of the molecule is Br.C=Cn1cc2ccccc2n1. The third kappa shape index (κ3) is 1.41. The van der Waals surface area contributed by atoms with Crippen molar-refractivity contribution >= 4 is 34.1 Å². The van der Waals surface area contributed by atoms with Gasteiger partial charge in [0.05, 0.1) is 5.52 Å². The Bertz CT molecular complexity index is 359. The molecule has 0 bridgehead atoms. The van der Waals surface area contributed by atoms with E-state index in [1.807, 2.05) is 30.5 Å². The number of nitrogens with zero attached hydrogens (tertiary/aromatic N) is 2. The van der Waals surface area contributed by atoms with Gasteiger partial charge in [-0.1, -0.05) is 24.8 Å². The van der Waals surface area contributed by atoms with E-state index < -0.39 is 0 Å². The van der Waals surface area contributed by atoms with Crippen LogP contribution in [0.15, 0.2) is 37.0 Å². The number of fused-ring (bicyclic) bond motifs is 1. The molecule has 0 aliphatic rings. The van der Waals surface area contributed by atoms with Crippen molar-refractivity contribution in [3.05, 3.63) is 37.0 Å². The Morgan fingerprint density at radius 3 is 2.75 bits per heavy atom. The van der Waals surface area contributed by atoms with Crippen molar-refractivity contribution < 1.29 is 0 Å². The molecule has 0 unspecified atom stereocenters. The van der Waals surface area contributed by atoms with Crippen molar-refractivity contribution in [2.45, 2.75) is 0 Å². The molecule has 2 nitrogen and oxygen atoms in total. The average Bonchev–Trinajstić information content (AvgIpc) is 2.46. The lowest BCUT2D eigenvalue weighted by molar-refractivity contribution is 0.956. The lowest BCUT2D eigenvalue weighted by Crippen LogP contribution is -1.82. The first-order valence-corrected chi connectivity index (χ1v) is 3.46. The third-order valence-electron chi connectivity index (χ3n) is 1.62. The molecule has 2 aromatic rings. The van der Waals surface area contributed by atoms with E-state index >= 15 is 0 Å². The highest BCUT2D eigenvalue weighted by Crippen LogP contribution is 2.10. The van der Waals surface area contributed by atoms with Gasteiger partial charge in [-0.3, -0.25) is 0 Å². The number of rotatable bonds is 1. The number of halogens is 1. The minimum atomic E-state index is 0. The van der Waals surface area contributed by atoms with Gasteiger partial charge in [0.1, 0.15) is 0 Å². The fourth-order valence-corrected chi connectivity index (χ4v) is 1.08. The van der Waals surface area contributed by atoms with Crippen LogP contribution in [-0.2, 0) is 0 Å². The first-order valence-electron chi connectivity index (χ1n) is 3.46. The number of hydrogen-bond donors (Lipinski definition) is 0. The van der Waals surface area contributed by atoms with Crippen molar-refractivity contribution in [3.63, 3.8) is 0 Å². The maximum Gasteiger partial charge on any atom is 0.0927 e. The van der Waals surface area contributed by atoms with Gasteiger partial charge in [-0.2, -0.15) is 5.10 Å². The molecule has 12 heavy (non-hydrogen) atoms. The molecule has 0 atom stereocenters. The molecule has 0 saturated carbocycles. The number of hydrogen-bond acceptors (Lipinski definition) is 1. The highest BCUT2D eigenvalue weighted by molar-refractivity contribution is 8.93. The Labute approximate surface area is 81.3 Å². The van der Waals surface area contributed by atoms with Crippen molar-refractivity contribution in [1.29, 1.82) is 0 Å². The van der Waals surface area contributed by atoms with Crippen LogP contribution in [0.4, 0.5) is 0 Å². The van der Waals surface area contributed by atoms with Gasteiger partial charge in [0.15, 0.2) is 0 Å². The van der Waals surface area contributed by atoms with Gasteiger partial charge in [-0.15, -0.1) is 17.0 Å². The molecule has 0 aliphatic carbocycles. The summed E-state index contributed by atoms with van der Waals surface area (Å²) in [6, 6.07) is 7.98. The Morgan fingerprint density at radius 1 is 1.33 bits per heavy atom. The number of aromatic nitrogens is 2. The molecular formula is C9H9BrN2. The summed E-state index contributed by atoms with van der Waals surface area (Å²) in [5.41, 5.74) is 1.01. The van der Waals surface area contributed by atoms with E-state index in [2.05, 4.69) is 11.7 Å². The van der Waals surface area contributed by atoms with Crippen LogP contribution in [0.1, 0.15) is 0 Å². The van der Waals surface area contributed by atoms with Crippen LogP contribution in [0.25, 0.3) is 17.1 Å². The first kappa shape index (κ1) is 9.00. The van der Waals surface area contributed by atoms with Crippen LogP contribution in [0.5, 0.6) is 0 Å². The van der Waals surface area contributed by atoms with E-state index in [1.54, 1.807) is 10.9 Å². The lowest BCUT2D eigenvalue weighted by Gasteiger charge is -1.82. The summed E-state index contributed by atoms with van der Waals surface area (Å²) in [6.07, 6.45) is 3.63. The molecule has 0 amide bonds. The third-order valence-corrected chi connectivity index (χ3v) is 1.62. The molecule has 2 rings (SSSR count). The lowest BCUT2D eigenvalue weighted by atomic mass is 10.3. The summed E-state index contributed by atoms with van der Waals surface area (Å²) in [6.45, 7) is 3.63. The maximum absolute atomic E-state index is 4.23. The molecule has 1 aromatic carbocycles. The fourth-order valence-electron chi connectivity index (χ4n) is 1.08. The molecule has 3 heteroatoms. The summed E-state index contributed by atoms with van der Waals surface area (Å²) in [7, 11) is 0. The van der Waals surface area contributed by atoms with Gasteiger partial charge < -0.3 is 0 Å². The minimum absolute atomic E-state index is 0. The predicted octanol–water partition coefficient (Wildman–Crippen LogP) is 2.71. The van der Waals surface area contributed by atoms with Gasteiger partial charge in [0.25, 0.3) is 0 Å². The molecule has 0 aliphatic heterocycles. The molecule has 0 saturated heterocycles. The van der Waals surface area contributed by atoms with Crippen LogP contribution in [0.3, 0.4) is 0 Å². The van der Waals surface area contributed by atoms with E-state index in [4.69, 9.17) is 0 Å². The normalized spacial score (nSPS) is 9.33. The van der Waals surface area contributed by atoms with Crippen LogP contribution < -0.4 is 0 Å². The zero-order valence-corrected chi connectivity index (χ0v) is 8.19. The van der Waals surface area contributed by atoms with Crippen LogP contribution in [0.2, 0.25) is 0 Å². The summed E-state index contributed by atoms with van der Waals surface area (Å²) in [4.78, 5) is 0. The van der Waals surface area contributed by atoms with Crippen molar-refractivity contribution in [2.75, 3.05) is 0 Å². The smallest absolute Gasteiger partial charge is 0.0927 e. The quantitative estimate of drug-likeness (QED) is 0.729. The van der Waals surface area contributed by atoms with Crippen molar-refractivity contribution in [1.82, 2.24) is 9.78 Å². The molecule has 0 N–H and O–H groups in total. The van der Waals surface area contributed by atoms with Gasteiger partial charge >= 0.3 is 0 Å². The van der Waals surface area contributed by atoms with E-state index in [1.165, 1.54) is 0 Å². The number of benzene rings is 1. The zero-order chi connectivity index (χ0) is 7.68. The second-order valence-electron chi connectivity index (χ2n) is 2.35. The van der Waals surface area contributed by atoms with Gasteiger partial charge in [0, 0.05) is 17.8 Å². The summed E-state index contributed by atoms with van der Waals surface area (Å²) >= 11 is 0. The monoisotopic (exact) mass is 224 g/mol. The topological polar surface area (TPSA) is 17.8 Å². The van der Waals surface area contributed by atoms with E-state index in [9.17, 15) is 0 Å². The zero-order valence-electron chi connectivity index (χ0n) is 6.47. The fraction of sp³-hybridized carbons (Fsp3) is 0. The summed E-state index contributed by atoms with van der Waals surface area (Å²) < 4.78 is 1.71. The minimum Gasteiger partial charge on any atom is -0.248 e. The van der Waals surface area contributed by atoms with E-state index in [-0.39, 0.29) is 17.0 Å². The van der Waals surface area contributed by atoms with E-state index in [0.29, 0.717) is 0 Å². The summed E-state index contributed by atoms with van der Waals surface area (Å²) in [5.74, 6) is 0. The largest absolute Gasteiger partial charge is 0.248 e. The van der Waals surface area contributed by atoms with Crippen molar-refractivity contribution in [3.8, 4) is 0 Å². The van der Waals surface area contributed by atoms with Crippen molar-refractivity contribution in [2.24, 2.45) is 0 Å². The highest BCUT2D eigenvalue weighted by Gasteiger charge is 1.94. The van der Waals surface area contributed by atoms with Gasteiger partial charge in [0.2, 0.25) is 0 Å². The molecule has 62 valence electrons. The predicted molar refractivity (Wildman–Crippen MR) is 56.4 cm³/mol. The second kappa shape index (κ2) is 3.54. The Morgan fingerprint density at radius 2 is 2.08 bits per heavy atom. The summed E-state index contributed by atoms with van der Waals surface area (Å²) in [5, 5.41) is 5.38. The highest BCUT2D eigenvalue weighted by atomic mass is 79.9. The second-order valence-corrected chi connectivity index (χ2v) is 2.35. The molecule has 1 heterocycles. The molecule has 0 fully saturated rings. The molecule has 1 aromatic heterocycles. The molecular weight excluding hydrogens is 216 g/mol. The van der Waals surface area contributed by atoms with Gasteiger partial charge in [-0.05, 0) is 6.07 Å². The first-order chi connectivity index (χ1) is 5.40. The molecule has 0 spiro atoms.